The van der Waals surface area contributed by atoms with Crippen molar-refractivity contribution in [1.82, 2.24) is 14.5 Å². The van der Waals surface area contributed by atoms with Gasteiger partial charge in [-0.1, -0.05) is 22.6 Å². The van der Waals surface area contributed by atoms with Crippen molar-refractivity contribution in [2.45, 2.75) is 18.7 Å². The van der Waals surface area contributed by atoms with Crippen molar-refractivity contribution in [3.63, 3.8) is 0 Å². The van der Waals surface area contributed by atoms with E-state index in [4.69, 9.17) is 0 Å². The van der Waals surface area contributed by atoms with Crippen LogP contribution in [0.25, 0.3) is 0 Å². The van der Waals surface area contributed by atoms with Crippen molar-refractivity contribution in [2.24, 2.45) is 7.05 Å². The number of nitrogens with one attached hydrogen (secondary N) is 1. The Balaban J connectivity index is 3.15. The van der Waals surface area contributed by atoms with E-state index >= 15 is 0 Å². The molecule has 1 rings (SSSR count). The molecular weight excluding hydrogens is 329 g/mol. The highest BCUT2D eigenvalue weighted by atomic mass is 127. The Hall–Kier alpha value is -0.150. The highest BCUT2D eigenvalue weighted by Gasteiger charge is 2.22. The Morgan fingerprint density at radius 3 is 2.47 bits per heavy atom. The standard InChI is InChI=1S/C8H14IN3O2S/c1-6-8(7(2)12(3)11-6)15(13,14)10-5-4-9/h10H,4-5H2,1-3H3. The minimum Gasteiger partial charge on any atom is -0.271 e. The zero-order chi connectivity index (χ0) is 11.6. The van der Waals surface area contributed by atoms with Crippen LogP contribution in [0, 0.1) is 13.8 Å². The second-order valence-electron chi connectivity index (χ2n) is 3.21. The maximum Gasteiger partial charge on any atom is 0.244 e. The quantitative estimate of drug-likeness (QED) is 0.648. The number of rotatable bonds is 4. The Bertz CT molecular complexity index is 453. The molecule has 0 unspecified atom stereocenters. The number of alkyl halides is 1. The molecule has 0 amide bonds. The van der Waals surface area contributed by atoms with Crippen LogP contribution in [0.5, 0.6) is 0 Å². The van der Waals surface area contributed by atoms with Gasteiger partial charge in [-0.3, -0.25) is 4.68 Å². The zero-order valence-corrected chi connectivity index (χ0v) is 11.9. The molecule has 0 atom stereocenters. The number of sulfonamides is 1. The number of aryl methyl sites for hydroxylation is 2. The van der Waals surface area contributed by atoms with Gasteiger partial charge < -0.3 is 0 Å². The molecule has 1 N–H and O–H groups in total. The lowest BCUT2D eigenvalue weighted by Gasteiger charge is -2.05. The van der Waals surface area contributed by atoms with Gasteiger partial charge in [-0.2, -0.15) is 5.10 Å². The highest BCUT2D eigenvalue weighted by molar-refractivity contribution is 14.1. The predicted molar refractivity (Wildman–Crippen MR) is 66.8 cm³/mol. The lowest BCUT2D eigenvalue weighted by molar-refractivity contribution is 0.583. The first-order valence-corrected chi connectivity index (χ1v) is 7.47. The van der Waals surface area contributed by atoms with Crippen molar-refractivity contribution in [3.8, 4) is 0 Å². The van der Waals surface area contributed by atoms with Gasteiger partial charge in [0.25, 0.3) is 0 Å². The van der Waals surface area contributed by atoms with Gasteiger partial charge in [0.2, 0.25) is 10.0 Å². The third-order valence-corrected chi connectivity index (χ3v) is 4.35. The summed E-state index contributed by atoms with van der Waals surface area (Å²) in [6.45, 7) is 3.89. The van der Waals surface area contributed by atoms with E-state index < -0.39 is 10.0 Å². The smallest absolute Gasteiger partial charge is 0.244 e. The molecule has 1 aromatic heterocycles. The summed E-state index contributed by atoms with van der Waals surface area (Å²) in [5.74, 6) is 0. The molecule has 0 aliphatic heterocycles. The summed E-state index contributed by atoms with van der Waals surface area (Å²) < 4.78 is 28.6. The molecule has 0 spiro atoms. The first-order valence-electron chi connectivity index (χ1n) is 4.46. The van der Waals surface area contributed by atoms with Crippen LogP contribution in [0.1, 0.15) is 11.4 Å². The highest BCUT2D eigenvalue weighted by Crippen LogP contribution is 2.17. The molecule has 0 saturated carbocycles. The Morgan fingerprint density at radius 2 is 2.07 bits per heavy atom. The van der Waals surface area contributed by atoms with Crippen LogP contribution in [0.15, 0.2) is 4.90 Å². The van der Waals surface area contributed by atoms with Crippen molar-refractivity contribution >= 4 is 32.6 Å². The first-order chi connectivity index (χ1) is 6.90. The molecule has 0 fully saturated rings. The summed E-state index contributed by atoms with van der Waals surface area (Å²) in [5, 5.41) is 4.08. The second-order valence-corrected chi connectivity index (χ2v) is 5.99. The molecule has 86 valence electrons. The van der Waals surface area contributed by atoms with Crippen LogP contribution in [-0.2, 0) is 17.1 Å². The summed E-state index contributed by atoms with van der Waals surface area (Å²) in [7, 11) is -1.67. The molecule has 1 aromatic rings. The monoisotopic (exact) mass is 343 g/mol. The van der Waals surface area contributed by atoms with Crippen molar-refractivity contribution in [2.75, 3.05) is 11.0 Å². The van der Waals surface area contributed by atoms with Crippen molar-refractivity contribution < 1.29 is 8.42 Å². The summed E-state index contributed by atoms with van der Waals surface area (Å²) in [5.41, 5.74) is 1.20. The first kappa shape index (κ1) is 12.9. The molecule has 0 bridgehead atoms. The topological polar surface area (TPSA) is 64.0 Å². The normalized spacial score (nSPS) is 12.0. The summed E-state index contributed by atoms with van der Waals surface area (Å²) in [6.07, 6.45) is 0. The van der Waals surface area contributed by atoms with E-state index in [0.717, 1.165) is 4.43 Å². The molecule has 15 heavy (non-hydrogen) atoms. The SMILES string of the molecule is Cc1nn(C)c(C)c1S(=O)(=O)NCCI. The minimum absolute atomic E-state index is 0.301. The minimum atomic E-state index is -3.40. The lowest BCUT2D eigenvalue weighted by atomic mass is 10.4. The molecule has 0 saturated heterocycles. The van der Waals surface area contributed by atoms with Crippen molar-refractivity contribution in [1.29, 1.82) is 0 Å². The van der Waals surface area contributed by atoms with Crippen LogP contribution < -0.4 is 4.72 Å². The average molecular weight is 343 g/mol. The molecule has 5 nitrogen and oxygen atoms in total. The van der Waals surface area contributed by atoms with E-state index in [9.17, 15) is 8.42 Å². The van der Waals surface area contributed by atoms with Crippen LogP contribution >= 0.6 is 22.6 Å². The molecule has 0 radical (unpaired) electrons. The second kappa shape index (κ2) is 4.79. The van der Waals surface area contributed by atoms with Crippen LogP contribution in [0.3, 0.4) is 0 Å². The Labute approximate surface area is 103 Å². The molecule has 1 heterocycles. The third kappa shape index (κ3) is 2.70. The fourth-order valence-electron chi connectivity index (χ4n) is 1.39. The summed E-state index contributed by atoms with van der Waals surface area (Å²) >= 11 is 2.12. The zero-order valence-electron chi connectivity index (χ0n) is 8.91. The summed E-state index contributed by atoms with van der Waals surface area (Å²) in [6, 6.07) is 0. The molecule has 7 heteroatoms. The third-order valence-electron chi connectivity index (χ3n) is 2.10. The number of nitrogens with zero attached hydrogens (tertiary/aromatic N) is 2. The predicted octanol–water partition coefficient (Wildman–Crippen LogP) is 0.750. The van der Waals surface area contributed by atoms with Gasteiger partial charge >= 0.3 is 0 Å². The van der Waals surface area contributed by atoms with Crippen molar-refractivity contribution in [3.05, 3.63) is 11.4 Å². The van der Waals surface area contributed by atoms with Crippen LogP contribution in [0.4, 0.5) is 0 Å². The number of aromatic nitrogens is 2. The van der Waals surface area contributed by atoms with Crippen LogP contribution in [-0.4, -0.2) is 29.2 Å². The van der Waals surface area contributed by atoms with E-state index in [1.807, 2.05) is 0 Å². The van der Waals surface area contributed by atoms with E-state index in [1.54, 1.807) is 25.6 Å². The van der Waals surface area contributed by atoms with Gasteiger partial charge in [0.1, 0.15) is 4.90 Å². The number of hydrogen-bond acceptors (Lipinski definition) is 3. The van der Waals surface area contributed by atoms with Gasteiger partial charge in [-0.15, -0.1) is 0 Å². The van der Waals surface area contributed by atoms with E-state index in [2.05, 4.69) is 32.4 Å². The van der Waals surface area contributed by atoms with Gasteiger partial charge in [0, 0.05) is 18.0 Å². The lowest BCUT2D eigenvalue weighted by Crippen LogP contribution is -2.26. The molecule has 0 aromatic carbocycles. The van der Waals surface area contributed by atoms with E-state index in [-0.39, 0.29) is 0 Å². The molecule has 0 aliphatic rings. The Kier molecular flexibility index (Phi) is 4.13. The fourth-order valence-corrected chi connectivity index (χ4v) is 3.49. The largest absolute Gasteiger partial charge is 0.271 e. The summed E-state index contributed by atoms with van der Waals surface area (Å²) in [4.78, 5) is 0.301. The van der Waals surface area contributed by atoms with E-state index in [1.165, 1.54) is 0 Å². The number of hydrogen-bond donors (Lipinski definition) is 1. The van der Waals surface area contributed by atoms with E-state index in [0.29, 0.717) is 22.8 Å². The molecule has 0 aliphatic carbocycles. The fraction of sp³-hybridized carbons (Fsp3) is 0.625. The van der Waals surface area contributed by atoms with Gasteiger partial charge in [0.05, 0.1) is 11.4 Å². The van der Waals surface area contributed by atoms with Gasteiger partial charge in [0.15, 0.2) is 0 Å². The van der Waals surface area contributed by atoms with Gasteiger partial charge in [-0.05, 0) is 13.8 Å². The average Bonchev–Trinajstić information content (AvgIpc) is 2.38. The maximum atomic E-state index is 11.9. The number of halogens is 1. The van der Waals surface area contributed by atoms with Crippen LogP contribution in [0.2, 0.25) is 0 Å². The molecular formula is C8H14IN3O2S. The van der Waals surface area contributed by atoms with Gasteiger partial charge in [-0.25, -0.2) is 13.1 Å². The Morgan fingerprint density at radius 1 is 1.47 bits per heavy atom. The maximum absolute atomic E-state index is 11.9.